The van der Waals surface area contributed by atoms with Crippen molar-refractivity contribution < 1.29 is 0 Å². The highest BCUT2D eigenvalue weighted by atomic mass is 28.3. The molecule has 0 aliphatic heterocycles. The Hall–Kier alpha value is -5.24. The summed E-state index contributed by atoms with van der Waals surface area (Å²) in [5.41, 5.74) is 5.24. The molecule has 0 nitrogen and oxygen atoms in total. The lowest BCUT2D eigenvalue weighted by molar-refractivity contribution is 1.04. The highest BCUT2D eigenvalue weighted by molar-refractivity contribution is 7.19. The van der Waals surface area contributed by atoms with Crippen LogP contribution in [0.1, 0.15) is 18.4 Å². The van der Waals surface area contributed by atoms with E-state index < -0.39 is 8.07 Å². The van der Waals surface area contributed by atoms with Crippen molar-refractivity contribution in [1.29, 1.82) is 0 Å². The SMILES string of the molecule is C1=CC(c2c3ccccc3c(-c3ccc([Si](c4ccccc4)(c4ccccc4)c4ccccc4)cc3)c3ccccc23)=CCC1. The summed E-state index contributed by atoms with van der Waals surface area (Å²) in [5, 5.41) is 10.8. The average Bonchev–Trinajstić information content (AvgIpc) is 3.13. The van der Waals surface area contributed by atoms with E-state index in [0.717, 1.165) is 12.8 Å². The van der Waals surface area contributed by atoms with Crippen LogP contribution in [0.25, 0.3) is 38.2 Å². The summed E-state index contributed by atoms with van der Waals surface area (Å²) in [6, 6.07) is 61.0. The molecule has 0 atom stereocenters. The monoisotopic (exact) mass is 590 g/mol. The second kappa shape index (κ2) is 11.7. The predicted octanol–water partition coefficient (Wildman–Crippen LogP) is 8.77. The lowest BCUT2D eigenvalue weighted by Gasteiger charge is -2.34. The minimum atomic E-state index is -2.58. The Labute approximate surface area is 266 Å². The van der Waals surface area contributed by atoms with Crippen molar-refractivity contribution in [3.63, 3.8) is 0 Å². The standard InChI is InChI=1S/C44H34Si/c1-5-17-33(18-6-1)43-39-25-13-15-27-41(39)44(42-28-16-14-26-40(42)43)34-29-31-38(32-30-34)45(35-19-7-2-8-20-35,36-21-9-3-10-22-36)37-23-11-4-12-24-37/h2-5,7-32H,1,6H2. The number of rotatable bonds is 6. The average molecular weight is 591 g/mol. The smallest absolute Gasteiger partial charge is 0.0836 e. The van der Waals surface area contributed by atoms with E-state index in [1.165, 1.54) is 64.6 Å². The van der Waals surface area contributed by atoms with Gasteiger partial charge in [-0.3, -0.25) is 0 Å². The van der Waals surface area contributed by atoms with Gasteiger partial charge < -0.3 is 0 Å². The number of hydrogen-bond acceptors (Lipinski definition) is 0. The summed E-state index contributed by atoms with van der Waals surface area (Å²) in [7, 11) is -2.58. The molecule has 0 bridgehead atoms. The molecule has 8 rings (SSSR count). The van der Waals surface area contributed by atoms with Gasteiger partial charge >= 0.3 is 0 Å². The third-order valence-electron chi connectivity index (χ3n) is 9.44. The minimum absolute atomic E-state index is 1.09. The fourth-order valence-corrected chi connectivity index (χ4v) is 12.2. The molecule has 0 amide bonds. The summed E-state index contributed by atoms with van der Waals surface area (Å²) in [6.07, 6.45) is 9.24. The van der Waals surface area contributed by atoms with Gasteiger partial charge in [0, 0.05) is 0 Å². The number of fused-ring (bicyclic) bond motifs is 2. The zero-order chi connectivity index (χ0) is 30.1. The maximum absolute atomic E-state index is 2.58. The van der Waals surface area contributed by atoms with Crippen molar-refractivity contribution in [2.24, 2.45) is 0 Å². The van der Waals surface area contributed by atoms with Crippen LogP contribution in [-0.4, -0.2) is 8.07 Å². The molecule has 45 heavy (non-hydrogen) atoms. The van der Waals surface area contributed by atoms with Gasteiger partial charge in [-0.2, -0.15) is 0 Å². The van der Waals surface area contributed by atoms with Crippen LogP contribution in [0.2, 0.25) is 0 Å². The van der Waals surface area contributed by atoms with Crippen LogP contribution >= 0.6 is 0 Å². The van der Waals surface area contributed by atoms with Gasteiger partial charge in [0.15, 0.2) is 8.07 Å². The number of allylic oxidation sites excluding steroid dienone is 4. The Morgan fingerprint density at radius 3 is 1.18 bits per heavy atom. The van der Waals surface area contributed by atoms with E-state index in [4.69, 9.17) is 0 Å². The first-order valence-corrected chi connectivity index (χ1v) is 17.9. The third kappa shape index (κ3) is 4.59. The lowest BCUT2D eigenvalue weighted by Crippen LogP contribution is -2.74. The summed E-state index contributed by atoms with van der Waals surface area (Å²) in [4.78, 5) is 0. The maximum Gasteiger partial charge on any atom is 0.179 e. The van der Waals surface area contributed by atoms with Crippen LogP contribution in [0.5, 0.6) is 0 Å². The van der Waals surface area contributed by atoms with Crippen molar-refractivity contribution in [2.75, 3.05) is 0 Å². The highest BCUT2D eigenvalue weighted by Gasteiger charge is 2.41. The number of benzene rings is 7. The molecular weight excluding hydrogens is 557 g/mol. The second-order valence-electron chi connectivity index (χ2n) is 11.9. The molecule has 0 heterocycles. The third-order valence-corrected chi connectivity index (χ3v) is 14.2. The van der Waals surface area contributed by atoms with Gasteiger partial charge in [-0.25, -0.2) is 0 Å². The minimum Gasteiger partial charge on any atom is -0.0836 e. The molecule has 1 aliphatic carbocycles. The summed E-state index contributed by atoms with van der Waals surface area (Å²) in [6.45, 7) is 0. The van der Waals surface area contributed by atoms with E-state index in [1.807, 2.05) is 0 Å². The largest absolute Gasteiger partial charge is 0.179 e. The first kappa shape index (κ1) is 27.3. The van der Waals surface area contributed by atoms with Gasteiger partial charge in [0.25, 0.3) is 0 Å². The van der Waals surface area contributed by atoms with Crippen molar-refractivity contribution in [3.05, 3.63) is 188 Å². The van der Waals surface area contributed by atoms with E-state index in [9.17, 15) is 0 Å². The fraction of sp³-hybridized carbons (Fsp3) is 0.0455. The Kier molecular flexibility index (Phi) is 7.09. The van der Waals surface area contributed by atoms with E-state index in [2.05, 4.69) is 182 Å². The van der Waals surface area contributed by atoms with Crippen LogP contribution in [0.15, 0.2) is 182 Å². The molecule has 7 aromatic rings. The maximum atomic E-state index is 2.42. The topological polar surface area (TPSA) is 0 Å². The molecule has 0 radical (unpaired) electrons. The molecule has 0 saturated carbocycles. The van der Waals surface area contributed by atoms with Crippen molar-refractivity contribution in [1.82, 2.24) is 0 Å². The molecule has 0 fully saturated rings. The molecule has 1 heteroatoms. The van der Waals surface area contributed by atoms with Crippen molar-refractivity contribution in [3.8, 4) is 11.1 Å². The lowest BCUT2D eigenvalue weighted by atomic mass is 9.85. The van der Waals surface area contributed by atoms with Gasteiger partial charge in [-0.05, 0) is 77.4 Å². The van der Waals surface area contributed by atoms with Crippen molar-refractivity contribution in [2.45, 2.75) is 12.8 Å². The van der Waals surface area contributed by atoms with E-state index in [-0.39, 0.29) is 0 Å². The first-order valence-electron chi connectivity index (χ1n) is 15.9. The Balaban J connectivity index is 1.38. The van der Waals surface area contributed by atoms with Crippen molar-refractivity contribution >= 4 is 55.9 Å². The van der Waals surface area contributed by atoms with Gasteiger partial charge in [0.05, 0.1) is 0 Å². The molecule has 214 valence electrons. The Bertz CT molecular complexity index is 2020. The zero-order valence-electron chi connectivity index (χ0n) is 25.2. The summed E-state index contributed by atoms with van der Waals surface area (Å²) in [5.74, 6) is 0. The van der Waals surface area contributed by atoms with Crippen LogP contribution in [0, 0.1) is 0 Å². The molecule has 0 aromatic heterocycles. The van der Waals surface area contributed by atoms with E-state index in [0.29, 0.717) is 0 Å². The normalized spacial score (nSPS) is 13.2. The molecule has 1 aliphatic rings. The van der Waals surface area contributed by atoms with Crippen LogP contribution in [-0.2, 0) is 0 Å². The van der Waals surface area contributed by atoms with Gasteiger partial charge in [-0.15, -0.1) is 0 Å². The zero-order valence-corrected chi connectivity index (χ0v) is 26.2. The molecule has 7 aromatic carbocycles. The van der Waals surface area contributed by atoms with Gasteiger partial charge in [-0.1, -0.05) is 182 Å². The van der Waals surface area contributed by atoms with Crippen LogP contribution in [0.4, 0.5) is 0 Å². The Morgan fingerprint density at radius 2 is 0.756 bits per heavy atom. The predicted molar refractivity (Wildman–Crippen MR) is 197 cm³/mol. The second-order valence-corrected chi connectivity index (χ2v) is 15.7. The fourth-order valence-electron chi connectivity index (χ4n) is 7.50. The molecule has 0 saturated heterocycles. The molecule has 0 unspecified atom stereocenters. The first-order chi connectivity index (χ1) is 22.4. The quantitative estimate of drug-likeness (QED) is 0.103. The Morgan fingerprint density at radius 1 is 0.356 bits per heavy atom. The highest BCUT2D eigenvalue weighted by Crippen LogP contribution is 2.42. The van der Waals surface area contributed by atoms with Gasteiger partial charge in [0.2, 0.25) is 0 Å². The van der Waals surface area contributed by atoms with Crippen LogP contribution in [0.3, 0.4) is 0 Å². The van der Waals surface area contributed by atoms with Gasteiger partial charge in [0.1, 0.15) is 0 Å². The van der Waals surface area contributed by atoms with E-state index in [1.54, 1.807) is 0 Å². The summed E-state index contributed by atoms with van der Waals surface area (Å²) >= 11 is 0. The van der Waals surface area contributed by atoms with E-state index >= 15 is 0 Å². The number of hydrogen-bond donors (Lipinski definition) is 0. The summed E-state index contributed by atoms with van der Waals surface area (Å²) < 4.78 is 0. The molecule has 0 spiro atoms. The molecular formula is C44H34Si. The van der Waals surface area contributed by atoms with Crippen LogP contribution < -0.4 is 20.7 Å². The molecule has 0 N–H and O–H groups in total.